The number of nitrogens with zero attached hydrogens (tertiary/aromatic N) is 1. The van der Waals surface area contributed by atoms with Crippen molar-refractivity contribution in [1.82, 2.24) is 0 Å². The number of amidine groups is 1. The van der Waals surface area contributed by atoms with Gasteiger partial charge in [-0.15, -0.1) is 0 Å². The lowest BCUT2D eigenvalue weighted by Crippen LogP contribution is -2.10. The van der Waals surface area contributed by atoms with Gasteiger partial charge in [-0.3, -0.25) is 4.99 Å². The van der Waals surface area contributed by atoms with E-state index in [1.807, 2.05) is 43.8 Å². The Hall–Kier alpha value is -1.36. The maximum atomic E-state index is 5.68. The van der Waals surface area contributed by atoms with Crippen LogP contribution in [0.4, 0.5) is 5.69 Å². The van der Waals surface area contributed by atoms with Crippen LogP contribution in [0.15, 0.2) is 23.2 Å². The molecule has 1 aromatic rings. The van der Waals surface area contributed by atoms with Crippen molar-refractivity contribution in [3.63, 3.8) is 0 Å². The van der Waals surface area contributed by atoms with Gasteiger partial charge in [0.25, 0.3) is 0 Å². The second-order valence-electron chi connectivity index (χ2n) is 5.29. The number of thioether (sulfide) groups is 1. The van der Waals surface area contributed by atoms with Gasteiger partial charge in [0.05, 0.1) is 25.4 Å². The van der Waals surface area contributed by atoms with Crippen LogP contribution in [0.3, 0.4) is 0 Å². The monoisotopic (exact) mass is 306 g/mol. The fourth-order valence-corrected chi connectivity index (χ4v) is 3.65. The van der Waals surface area contributed by atoms with Crippen molar-refractivity contribution in [2.24, 2.45) is 10.9 Å². The Morgan fingerprint density at radius 3 is 2.76 bits per heavy atom. The minimum absolute atomic E-state index is 0.646. The van der Waals surface area contributed by atoms with Gasteiger partial charge in [0.1, 0.15) is 11.5 Å². The molecule has 0 radical (unpaired) electrons. The number of ether oxygens (including phenoxy) is 2. The van der Waals surface area contributed by atoms with Crippen LogP contribution < -0.4 is 14.8 Å². The van der Waals surface area contributed by atoms with Crippen LogP contribution in [-0.4, -0.2) is 30.2 Å². The number of anilines is 1. The summed E-state index contributed by atoms with van der Waals surface area (Å²) in [6.07, 6.45) is 2.73. The molecule has 114 valence electrons. The average molecular weight is 306 g/mol. The summed E-state index contributed by atoms with van der Waals surface area (Å²) < 4.78 is 11.3. The highest BCUT2D eigenvalue weighted by Crippen LogP contribution is 2.42. The van der Waals surface area contributed by atoms with Crippen LogP contribution in [0.5, 0.6) is 11.5 Å². The molecule has 0 aromatic heterocycles. The normalized spacial score (nSPS) is 21.0. The van der Waals surface area contributed by atoms with Gasteiger partial charge in [0, 0.05) is 11.3 Å². The molecule has 1 aromatic carbocycles. The highest BCUT2D eigenvalue weighted by atomic mass is 32.2. The molecule has 0 amide bonds. The average Bonchev–Trinajstić information content (AvgIpc) is 3.23. The predicted molar refractivity (Wildman–Crippen MR) is 88.8 cm³/mol. The van der Waals surface area contributed by atoms with Crippen molar-refractivity contribution in [1.29, 1.82) is 0 Å². The first-order chi connectivity index (χ1) is 10.3. The smallest absolute Gasteiger partial charge is 0.161 e. The molecule has 1 N–H and O–H groups in total. The second kappa shape index (κ2) is 6.60. The predicted octanol–water partition coefficient (Wildman–Crippen LogP) is 3.78. The van der Waals surface area contributed by atoms with Crippen LogP contribution in [-0.2, 0) is 0 Å². The van der Waals surface area contributed by atoms with E-state index in [2.05, 4.69) is 10.3 Å². The summed E-state index contributed by atoms with van der Waals surface area (Å²) in [6.45, 7) is 6.22. The summed E-state index contributed by atoms with van der Waals surface area (Å²) in [5.41, 5.74) is 0.936. The molecule has 21 heavy (non-hydrogen) atoms. The van der Waals surface area contributed by atoms with Crippen LogP contribution in [0, 0.1) is 5.92 Å². The lowest BCUT2D eigenvalue weighted by molar-refractivity contribution is 0.332. The minimum atomic E-state index is 0.646. The van der Waals surface area contributed by atoms with Crippen LogP contribution in [0.25, 0.3) is 0 Å². The third-order valence-electron chi connectivity index (χ3n) is 3.63. The highest BCUT2D eigenvalue weighted by molar-refractivity contribution is 8.15. The zero-order chi connectivity index (χ0) is 14.7. The van der Waals surface area contributed by atoms with Gasteiger partial charge < -0.3 is 14.8 Å². The van der Waals surface area contributed by atoms with Crippen molar-refractivity contribution in [2.75, 3.05) is 25.1 Å². The fraction of sp³-hybridized carbons (Fsp3) is 0.562. The Labute approximate surface area is 130 Å². The summed E-state index contributed by atoms with van der Waals surface area (Å²) in [6, 6.07) is 5.88. The molecule has 5 heteroatoms. The van der Waals surface area contributed by atoms with Crippen molar-refractivity contribution in [3.05, 3.63) is 18.2 Å². The number of nitrogens with one attached hydrogen (secondary N) is 1. The van der Waals surface area contributed by atoms with E-state index < -0.39 is 0 Å². The van der Waals surface area contributed by atoms with E-state index in [1.54, 1.807) is 0 Å². The molecule has 1 fully saturated rings. The Kier molecular flexibility index (Phi) is 4.58. The first-order valence-corrected chi connectivity index (χ1v) is 8.56. The van der Waals surface area contributed by atoms with Gasteiger partial charge in [-0.05, 0) is 44.7 Å². The molecule has 1 saturated carbocycles. The zero-order valence-electron chi connectivity index (χ0n) is 12.6. The summed E-state index contributed by atoms with van der Waals surface area (Å²) in [4.78, 5) is 4.62. The molecular formula is C16H22N2O2S. The molecule has 1 heterocycles. The maximum absolute atomic E-state index is 5.68. The summed E-state index contributed by atoms with van der Waals surface area (Å²) >= 11 is 1.86. The minimum Gasteiger partial charge on any atom is -0.494 e. The molecule has 3 rings (SSSR count). The van der Waals surface area contributed by atoms with Gasteiger partial charge in [-0.2, -0.15) is 0 Å². The van der Waals surface area contributed by atoms with Crippen molar-refractivity contribution in [2.45, 2.75) is 31.9 Å². The Balaban J connectivity index is 1.71. The van der Waals surface area contributed by atoms with Gasteiger partial charge in [0.2, 0.25) is 0 Å². The second-order valence-corrected chi connectivity index (χ2v) is 6.52. The zero-order valence-corrected chi connectivity index (χ0v) is 13.4. The third-order valence-corrected chi connectivity index (χ3v) is 4.92. The first kappa shape index (κ1) is 14.6. The molecule has 1 aliphatic heterocycles. The SMILES string of the molecule is CCOc1ccc(OCC)c(NC2=NCC(C3CC3)S2)c1. The quantitative estimate of drug-likeness (QED) is 0.868. The van der Waals surface area contributed by atoms with E-state index in [0.29, 0.717) is 18.5 Å². The van der Waals surface area contributed by atoms with E-state index >= 15 is 0 Å². The standard InChI is InChI=1S/C16H22N2O2S/c1-3-19-12-7-8-14(20-4-2)13(9-12)18-16-17-10-15(21-16)11-5-6-11/h7-9,11,15H,3-6,10H2,1-2H3,(H,17,18). The first-order valence-electron chi connectivity index (χ1n) is 7.68. The molecule has 0 saturated heterocycles. The van der Waals surface area contributed by atoms with Gasteiger partial charge >= 0.3 is 0 Å². The lowest BCUT2D eigenvalue weighted by atomic mass is 10.2. The number of hydrogen-bond donors (Lipinski definition) is 1. The van der Waals surface area contributed by atoms with Gasteiger partial charge in [0.15, 0.2) is 5.17 Å². The largest absolute Gasteiger partial charge is 0.494 e. The van der Waals surface area contributed by atoms with E-state index in [1.165, 1.54) is 12.8 Å². The lowest BCUT2D eigenvalue weighted by Gasteiger charge is -2.14. The Bertz CT molecular complexity index is 529. The van der Waals surface area contributed by atoms with E-state index in [9.17, 15) is 0 Å². The highest BCUT2D eigenvalue weighted by Gasteiger charge is 2.35. The third kappa shape index (κ3) is 3.64. The molecule has 0 bridgehead atoms. The molecule has 0 spiro atoms. The number of hydrogen-bond acceptors (Lipinski definition) is 5. The molecule has 4 nitrogen and oxygen atoms in total. The number of aliphatic imine (C=N–C) groups is 1. The van der Waals surface area contributed by atoms with Crippen LogP contribution in [0.1, 0.15) is 26.7 Å². The van der Waals surface area contributed by atoms with Gasteiger partial charge in [-0.1, -0.05) is 11.8 Å². The molecule has 2 aliphatic rings. The Morgan fingerprint density at radius 2 is 2.05 bits per heavy atom. The summed E-state index contributed by atoms with van der Waals surface area (Å²) in [7, 11) is 0. The van der Waals surface area contributed by atoms with Crippen LogP contribution in [0.2, 0.25) is 0 Å². The maximum Gasteiger partial charge on any atom is 0.161 e. The van der Waals surface area contributed by atoms with E-state index in [-0.39, 0.29) is 0 Å². The van der Waals surface area contributed by atoms with Crippen molar-refractivity contribution in [3.8, 4) is 11.5 Å². The Morgan fingerprint density at radius 1 is 1.24 bits per heavy atom. The topological polar surface area (TPSA) is 42.9 Å². The fourth-order valence-electron chi connectivity index (χ4n) is 2.43. The number of benzene rings is 1. The van der Waals surface area contributed by atoms with Crippen molar-refractivity contribution >= 4 is 22.6 Å². The van der Waals surface area contributed by atoms with Crippen molar-refractivity contribution < 1.29 is 9.47 Å². The van der Waals surface area contributed by atoms with Crippen LogP contribution >= 0.6 is 11.8 Å². The van der Waals surface area contributed by atoms with E-state index in [0.717, 1.165) is 34.8 Å². The number of rotatable bonds is 6. The molecular weight excluding hydrogens is 284 g/mol. The van der Waals surface area contributed by atoms with E-state index in [4.69, 9.17) is 9.47 Å². The summed E-state index contributed by atoms with van der Waals surface area (Å²) in [5, 5.41) is 5.08. The molecule has 1 aliphatic carbocycles. The molecule has 1 atom stereocenters. The summed E-state index contributed by atoms with van der Waals surface area (Å²) in [5.74, 6) is 2.57. The van der Waals surface area contributed by atoms with Gasteiger partial charge in [-0.25, -0.2) is 0 Å². The molecule has 1 unspecified atom stereocenters.